The molecule has 0 bridgehead atoms. The number of nitrogens with one attached hydrogen (secondary N) is 2. The van der Waals surface area contributed by atoms with Crippen molar-refractivity contribution in [2.45, 2.75) is 26.7 Å². The number of hydrogen-bond donors (Lipinski definition) is 2. The number of benzene rings is 1. The van der Waals surface area contributed by atoms with Gasteiger partial charge in [0.25, 0.3) is 11.8 Å². The summed E-state index contributed by atoms with van der Waals surface area (Å²) in [5, 5.41) is 0. The van der Waals surface area contributed by atoms with E-state index in [-0.39, 0.29) is 30.7 Å². The van der Waals surface area contributed by atoms with Crippen LogP contribution in [-0.2, 0) is 9.59 Å². The molecule has 2 N–H and O–H groups in total. The molecule has 8 heteroatoms. The molecular weight excluding hydrogens is 374 g/mol. The average Bonchev–Trinajstić information content (AvgIpc) is 3.27. The summed E-state index contributed by atoms with van der Waals surface area (Å²) in [4.78, 5) is 38.4. The van der Waals surface area contributed by atoms with Crippen molar-refractivity contribution in [3.8, 4) is 5.75 Å². The molecule has 0 radical (unpaired) electrons. The number of hydrazine groups is 1. The predicted octanol–water partition coefficient (Wildman–Crippen LogP) is 1.98. The van der Waals surface area contributed by atoms with Crippen LogP contribution in [0, 0.1) is 19.8 Å². The Labute approximate surface area is 169 Å². The van der Waals surface area contributed by atoms with Crippen molar-refractivity contribution in [2.24, 2.45) is 5.92 Å². The lowest BCUT2D eigenvalue weighted by Crippen LogP contribution is -2.50. The Bertz CT molecular complexity index is 878. The molecule has 1 aromatic heterocycles. The second-order valence-corrected chi connectivity index (χ2v) is 7.16. The van der Waals surface area contributed by atoms with Crippen LogP contribution in [0.3, 0.4) is 0 Å². The zero-order valence-electron chi connectivity index (χ0n) is 16.6. The maximum absolute atomic E-state index is 12.4. The van der Waals surface area contributed by atoms with Gasteiger partial charge in [-0.15, -0.1) is 0 Å². The number of amides is 3. The van der Waals surface area contributed by atoms with Gasteiger partial charge in [-0.1, -0.05) is 12.1 Å². The maximum Gasteiger partial charge on any atom is 0.289 e. The van der Waals surface area contributed by atoms with Gasteiger partial charge in [-0.25, -0.2) is 0 Å². The minimum Gasteiger partial charge on any atom is -0.483 e. The van der Waals surface area contributed by atoms with E-state index < -0.39 is 11.8 Å². The van der Waals surface area contributed by atoms with Crippen molar-refractivity contribution in [1.29, 1.82) is 0 Å². The molecular formula is C21H25N3O5. The van der Waals surface area contributed by atoms with Gasteiger partial charge >= 0.3 is 0 Å². The fourth-order valence-electron chi connectivity index (χ4n) is 3.21. The topological polar surface area (TPSA) is 101 Å². The van der Waals surface area contributed by atoms with Crippen LogP contribution in [0.4, 0.5) is 0 Å². The molecule has 3 rings (SSSR count). The Morgan fingerprint density at radius 3 is 2.79 bits per heavy atom. The average molecular weight is 399 g/mol. The summed E-state index contributed by atoms with van der Waals surface area (Å²) >= 11 is 0. The van der Waals surface area contributed by atoms with Gasteiger partial charge in [0.15, 0.2) is 12.4 Å². The third kappa shape index (κ3) is 5.37. The number of rotatable bonds is 5. The predicted molar refractivity (Wildman–Crippen MR) is 105 cm³/mol. The molecule has 0 saturated carbocycles. The van der Waals surface area contributed by atoms with E-state index in [1.54, 1.807) is 17.0 Å². The minimum atomic E-state index is -0.460. The van der Waals surface area contributed by atoms with Gasteiger partial charge in [-0.2, -0.15) is 0 Å². The van der Waals surface area contributed by atoms with Crippen LogP contribution in [0.15, 0.2) is 41.0 Å². The first-order valence-corrected chi connectivity index (χ1v) is 9.55. The molecule has 0 unspecified atom stereocenters. The van der Waals surface area contributed by atoms with Crippen LogP contribution in [0.5, 0.6) is 5.75 Å². The summed E-state index contributed by atoms with van der Waals surface area (Å²) in [6, 6.07) is 8.99. The second-order valence-electron chi connectivity index (χ2n) is 7.16. The van der Waals surface area contributed by atoms with Crippen LogP contribution in [0.25, 0.3) is 0 Å². The van der Waals surface area contributed by atoms with E-state index in [0.29, 0.717) is 25.1 Å². The SMILES string of the molecule is Cc1ccc(C)c(OCC(=O)NNC(=O)[C@H]2CCCN(C(=O)c3ccco3)C2)c1. The maximum atomic E-state index is 12.4. The van der Waals surface area contributed by atoms with Gasteiger partial charge in [-0.3, -0.25) is 25.2 Å². The zero-order valence-corrected chi connectivity index (χ0v) is 16.6. The van der Waals surface area contributed by atoms with Crippen molar-refractivity contribution in [1.82, 2.24) is 15.8 Å². The molecule has 0 aliphatic carbocycles. The number of furan rings is 1. The highest BCUT2D eigenvalue weighted by Gasteiger charge is 2.30. The van der Waals surface area contributed by atoms with Gasteiger partial charge in [0.2, 0.25) is 5.91 Å². The first-order valence-electron chi connectivity index (χ1n) is 9.55. The Hall–Kier alpha value is -3.29. The van der Waals surface area contributed by atoms with E-state index in [2.05, 4.69) is 10.9 Å². The molecule has 29 heavy (non-hydrogen) atoms. The summed E-state index contributed by atoms with van der Waals surface area (Å²) in [6.45, 7) is 4.47. The van der Waals surface area contributed by atoms with Gasteiger partial charge < -0.3 is 14.1 Å². The number of aryl methyl sites for hydroxylation is 2. The zero-order chi connectivity index (χ0) is 20.8. The van der Waals surface area contributed by atoms with Crippen molar-refractivity contribution in [2.75, 3.05) is 19.7 Å². The van der Waals surface area contributed by atoms with E-state index in [1.807, 2.05) is 32.0 Å². The highest BCUT2D eigenvalue weighted by atomic mass is 16.5. The monoisotopic (exact) mass is 399 g/mol. The van der Waals surface area contributed by atoms with E-state index in [0.717, 1.165) is 11.1 Å². The van der Waals surface area contributed by atoms with E-state index in [1.165, 1.54) is 6.26 Å². The van der Waals surface area contributed by atoms with Crippen molar-refractivity contribution in [3.63, 3.8) is 0 Å². The summed E-state index contributed by atoms with van der Waals surface area (Å²) in [5.41, 5.74) is 6.76. The molecule has 154 valence electrons. The van der Waals surface area contributed by atoms with E-state index in [4.69, 9.17) is 9.15 Å². The molecule has 1 aliphatic heterocycles. The summed E-state index contributed by atoms with van der Waals surface area (Å²) in [7, 11) is 0. The van der Waals surface area contributed by atoms with Gasteiger partial charge in [0, 0.05) is 13.1 Å². The molecule has 3 amide bonds. The van der Waals surface area contributed by atoms with Crippen LogP contribution in [0.2, 0.25) is 0 Å². The summed E-state index contributed by atoms with van der Waals surface area (Å²) < 4.78 is 10.7. The Kier molecular flexibility index (Phi) is 6.54. The quantitative estimate of drug-likeness (QED) is 0.749. The van der Waals surface area contributed by atoms with Crippen molar-refractivity contribution in [3.05, 3.63) is 53.5 Å². The third-order valence-corrected chi connectivity index (χ3v) is 4.84. The fourth-order valence-corrected chi connectivity index (χ4v) is 3.21. The highest BCUT2D eigenvalue weighted by molar-refractivity contribution is 5.92. The first-order chi connectivity index (χ1) is 13.9. The molecule has 1 saturated heterocycles. The molecule has 2 heterocycles. The number of nitrogens with zero attached hydrogens (tertiary/aromatic N) is 1. The van der Waals surface area contributed by atoms with E-state index >= 15 is 0 Å². The van der Waals surface area contributed by atoms with Crippen LogP contribution in [0.1, 0.15) is 34.5 Å². The molecule has 0 spiro atoms. The summed E-state index contributed by atoms with van der Waals surface area (Å²) in [5.74, 6) is -0.546. The van der Waals surface area contributed by atoms with Crippen LogP contribution in [-0.4, -0.2) is 42.3 Å². The Balaban J connectivity index is 1.45. The molecule has 1 fully saturated rings. The largest absolute Gasteiger partial charge is 0.483 e. The van der Waals surface area contributed by atoms with Gasteiger partial charge in [0.1, 0.15) is 5.75 Å². The van der Waals surface area contributed by atoms with Gasteiger partial charge in [-0.05, 0) is 56.0 Å². The van der Waals surface area contributed by atoms with Crippen molar-refractivity contribution < 1.29 is 23.5 Å². The van der Waals surface area contributed by atoms with Crippen LogP contribution >= 0.6 is 0 Å². The lowest BCUT2D eigenvalue weighted by atomic mass is 9.97. The normalized spacial score (nSPS) is 16.2. The molecule has 8 nitrogen and oxygen atoms in total. The molecule has 1 aliphatic rings. The minimum absolute atomic E-state index is 0.210. The van der Waals surface area contributed by atoms with E-state index in [9.17, 15) is 14.4 Å². The third-order valence-electron chi connectivity index (χ3n) is 4.84. The Morgan fingerprint density at radius 2 is 2.03 bits per heavy atom. The lowest BCUT2D eigenvalue weighted by molar-refractivity contribution is -0.132. The summed E-state index contributed by atoms with van der Waals surface area (Å²) in [6.07, 6.45) is 2.79. The molecule has 1 atom stereocenters. The second kappa shape index (κ2) is 9.27. The number of carbonyl (C=O) groups is 3. The number of ether oxygens (including phenoxy) is 1. The smallest absolute Gasteiger partial charge is 0.289 e. The molecule has 1 aromatic carbocycles. The molecule has 2 aromatic rings. The Morgan fingerprint density at radius 1 is 1.21 bits per heavy atom. The number of piperidine rings is 1. The number of hydrogen-bond acceptors (Lipinski definition) is 5. The van der Waals surface area contributed by atoms with Crippen molar-refractivity contribution >= 4 is 17.7 Å². The number of likely N-dealkylation sites (tertiary alicyclic amines) is 1. The standard InChI is InChI=1S/C21H25N3O5/c1-14-7-8-15(2)18(11-14)29-13-19(25)22-23-20(26)16-5-3-9-24(12-16)21(27)17-6-4-10-28-17/h4,6-8,10-11,16H,3,5,9,12-13H2,1-2H3,(H,22,25)(H,23,26)/t16-/m0/s1. The highest BCUT2D eigenvalue weighted by Crippen LogP contribution is 2.20. The lowest BCUT2D eigenvalue weighted by Gasteiger charge is -2.31. The number of carbonyl (C=O) groups excluding carboxylic acids is 3. The first kappa shape index (κ1) is 20.4. The fraction of sp³-hybridized carbons (Fsp3) is 0.381. The van der Waals surface area contributed by atoms with Gasteiger partial charge in [0.05, 0.1) is 12.2 Å². The van der Waals surface area contributed by atoms with Crippen LogP contribution < -0.4 is 15.6 Å².